The summed E-state index contributed by atoms with van der Waals surface area (Å²) >= 11 is 1.79. The van der Waals surface area contributed by atoms with E-state index in [4.69, 9.17) is 20.4 Å². The summed E-state index contributed by atoms with van der Waals surface area (Å²) in [4.78, 5) is 21.1. The number of hydrogen-bond acceptors (Lipinski definition) is 8. The largest absolute Gasteiger partial charge is 0.481 e. The first-order valence-corrected chi connectivity index (χ1v) is 12.9. The maximum atomic E-state index is 9.00. The van der Waals surface area contributed by atoms with E-state index in [9.17, 15) is 0 Å². The fraction of sp³-hybridized carbons (Fsp3) is 0.259. The number of aromatic amines is 1. The van der Waals surface area contributed by atoms with Crippen LogP contribution in [-0.2, 0) is 9.53 Å². The van der Waals surface area contributed by atoms with E-state index in [1.165, 1.54) is 15.0 Å². The highest BCUT2D eigenvalue weighted by molar-refractivity contribution is 7.22. The van der Waals surface area contributed by atoms with Gasteiger partial charge in [0.2, 0.25) is 5.95 Å². The molecule has 0 radical (unpaired) electrons. The lowest BCUT2D eigenvalue weighted by Crippen LogP contribution is -2.30. The summed E-state index contributed by atoms with van der Waals surface area (Å²) in [6.45, 7) is 3.53. The van der Waals surface area contributed by atoms with E-state index in [1.807, 2.05) is 12.3 Å². The number of H-pyrrole nitrogens is 1. The fourth-order valence-electron chi connectivity index (χ4n) is 4.54. The van der Waals surface area contributed by atoms with Gasteiger partial charge in [0.05, 0.1) is 11.7 Å². The van der Waals surface area contributed by atoms with Gasteiger partial charge in [-0.25, -0.2) is 4.98 Å². The van der Waals surface area contributed by atoms with Crippen molar-refractivity contribution in [3.05, 3.63) is 60.9 Å². The molecule has 6 rings (SSSR count). The van der Waals surface area contributed by atoms with Crippen LogP contribution in [0.1, 0.15) is 19.8 Å². The standard InChI is InChI=1S/C25H24N6OS.C2H4O2/c26-25-27-8-5-23(29-25)31(15-16-6-9-32-10-7-16)19-11-18-14-28-30-24(18)20(13-19)22-12-17-3-1-2-4-21(17)33-22;1-2(3)4/h1-5,8,11-14,16H,6-7,9-10,15H2,(H,28,30)(H2,26,27,29);1H3,(H,3,4). The van der Waals surface area contributed by atoms with Crippen LogP contribution in [0.3, 0.4) is 0 Å². The molecular formula is C27H28N6O3S. The average molecular weight is 517 g/mol. The van der Waals surface area contributed by atoms with Crippen LogP contribution in [0.15, 0.2) is 60.9 Å². The van der Waals surface area contributed by atoms with Crippen molar-refractivity contribution in [1.29, 1.82) is 0 Å². The second kappa shape index (κ2) is 10.9. The Hall–Kier alpha value is -4.02. The van der Waals surface area contributed by atoms with E-state index in [-0.39, 0.29) is 5.95 Å². The number of carbonyl (C=O) groups is 1. The molecule has 1 aliphatic rings. The van der Waals surface area contributed by atoms with Crippen molar-refractivity contribution < 1.29 is 14.6 Å². The van der Waals surface area contributed by atoms with E-state index in [0.29, 0.717) is 5.92 Å². The fourth-order valence-corrected chi connectivity index (χ4v) is 5.62. The van der Waals surface area contributed by atoms with Crippen molar-refractivity contribution >= 4 is 55.7 Å². The number of nitrogen functional groups attached to an aromatic ring is 1. The van der Waals surface area contributed by atoms with Crippen LogP contribution >= 0.6 is 11.3 Å². The highest BCUT2D eigenvalue weighted by atomic mass is 32.1. The zero-order chi connectivity index (χ0) is 25.8. The molecular weight excluding hydrogens is 488 g/mol. The van der Waals surface area contributed by atoms with Crippen LogP contribution in [0.2, 0.25) is 0 Å². The number of benzene rings is 2. The van der Waals surface area contributed by atoms with Gasteiger partial charge in [0, 0.05) is 59.1 Å². The lowest BCUT2D eigenvalue weighted by Gasteiger charge is -2.31. The molecule has 4 N–H and O–H groups in total. The molecule has 4 heterocycles. The van der Waals surface area contributed by atoms with Crippen molar-refractivity contribution in [3.8, 4) is 10.4 Å². The summed E-state index contributed by atoms with van der Waals surface area (Å²) in [5.74, 6) is 0.764. The highest BCUT2D eigenvalue weighted by Gasteiger charge is 2.22. The molecule has 2 aromatic carbocycles. The van der Waals surface area contributed by atoms with Gasteiger partial charge in [0.25, 0.3) is 5.97 Å². The maximum Gasteiger partial charge on any atom is 0.300 e. The number of thiophene rings is 1. The van der Waals surface area contributed by atoms with Crippen molar-refractivity contribution in [2.45, 2.75) is 19.8 Å². The maximum absolute atomic E-state index is 9.00. The predicted octanol–water partition coefficient (Wildman–Crippen LogP) is 5.47. The third-order valence-electron chi connectivity index (χ3n) is 6.25. The summed E-state index contributed by atoms with van der Waals surface area (Å²) in [7, 11) is 0. The molecule has 190 valence electrons. The van der Waals surface area contributed by atoms with Gasteiger partial charge in [0.15, 0.2) is 0 Å². The third kappa shape index (κ3) is 5.71. The zero-order valence-corrected chi connectivity index (χ0v) is 21.2. The minimum atomic E-state index is -0.833. The Kier molecular flexibility index (Phi) is 7.29. The summed E-state index contributed by atoms with van der Waals surface area (Å²) in [5, 5.41) is 17.3. The third-order valence-corrected chi connectivity index (χ3v) is 7.40. The van der Waals surface area contributed by atoms with Gasteiger partial charge in [-0.15, -0.1) is 11.3 Å². The quantitative estimate of drug-likeness (QED) is 0.280. The van der Waals surface area contributed by atoms with Crippen LogP contribution in [0.25, 0.3) is 31.4 Å². The lowest BCUT2D eigenvalue weighted by molar-refractivity contribution is -0.134. The smallest absolute Gasteiger partial charge is 0.300 e. The van der Waals surface area contributed by atoms with E-state index < -0.39 is 5.97 Å². The Morgan fingerprint density at radius 2 is 1.97 bits per heavy atom. The zero-order valence-electron chi connectivity index (χ0n) is 20.4. The van der Waals surface area contributed by atoms with Crippen LogP contribution < -0.4 is 10.6 Å². The summed E-state index contributed by atoms with van der Waals surface area (Å²) in [6, 6.07) is 17.1. The van der Waals surface area contributed by atoms with Gasteiger partial charge in [-0.2, -0.15) is 10.1 Å². The molecule has 0 saturated carbocycles. The van der Waals surface area contributed by atoms with Gasteiger partial charge in [-0.3, -0.25) is 9.89 Å². The Morgan fingerprint density at radius 1 is 1.19 bits per heavy atom. The summed E-state index contributed by atoms with van der Waals surface area (Å²) < 4.78 is 6.86. The molecule has 0 unspecified atom stereocenters. The molecule has 0 atom stereocenters. The molecule has 1 saturated heterocycles. The molecule has 9 nitrogen and oxygen atoms in total. The van der Waals surface area contributed by atoms with Crippen LogP contribution in [-0.4, -0.2) is 51.0 Å². The Balaban J connectivity index is 0.000000655. The van der Waals surface area contributed by atoms with Crippen molar-refractivity contribution in [2.75, 3.05) is 30.4 Å². The lowest BCUT2D eigenvalue weighted by atomic mass is 9.99. The Bertz CT molecular complexity index is 1490. The van der Waals surface area contributed by atoms with Gasteiger partial charge in [0.1, 0.15) is 5.82 Å². The number of hydrogen-bond donors (Lipinski definition) is 3. The number of nitrogens with zero attached hydrogens (tertiary/aromatic N) is 4. The molecule has 3 aromatic heterocycles. The van der Waals surface area contributed by atoms with E-state index in [2.05, 4.69) is 67.5 Å². The minimum Gasteiger partial charge on any atom is -0.481 e. The molecule has 1 aliphatic heterocycles. The van der Waals surface area contributed by atoms with E-state index in [1.54, 1.807) is 17.5 Å². The molecule has 5 aromatic rings. The van der Waals surface area contributed by atoms with Crippen molar-refractivity contribution in [3.63, 3.8) is 0 Å². The molecule has 0 spiro atoms. The van der Waals surface area contributed by atoms with Crippen LogP contribution in [0.4, 0.5) is 17.5 Å². The van der Waals surface area contributed by atoms with Crippen LogP contribution in [0.5, 0.6) is 0 Å². The van der Waals surface area contributed by atoms with Crippen LogP contribution in [0, 0.1) is 5.92 Å². The number of ether oxygens (including phenoxy) is 1. The number of nitrogens with one attached hydrogen (secondary N) is 1. The molecule has 1 fully saturated rings. The first-order chi connectivity index (χ1) is 18.0. The second-order valence-electron chi connectivity index (χ2n) is 8.93. The Morgan fingerprint density at radius 3 is 2.73 bits per heavy atom. The molecule has 0 aliphatic carbocycles. The first-order valence-electron chi connectivity index (χ1n) is 12.1. The van der Waals surface area contributed by atoms with Crippen molar-refractivity contribution in [1.82, 2.24) is 20.2 Å². The normalized spacial score (nSPS) is 13.9. The molecule has 0 bridgehead atoms. The number of aliphatic carboxylic acids is 1. The SMILES string of the molecule is CC(=O)O.Nc1nccc(N(CC2CCOCC2)c2cc(-c3cc4ccccc4s3)c3[nH]ncc3c2)n1. The van der Waals surface area contributed by atoms with Crippen molar-refractivity contribution in [2.24, 2.45) is 5.92 Å². The number of aromatic nitrogens is 4. The van der Waals surface area contributed by atoms with E-state index in [0.717, 1.165) is 67.5 Å². The topological polar surface area (TPSA) is 130 Å². The number of fused-ring (bicyclic) bond motifs is 2. The summed E-state index contributed by atoms with van der Waals surface area (Å²) in [5.41, 5.74) is 9.21. The molecule has 0 amide bonds. The number of rotatable bonds is 5. The van der Waals surface area contributed by atoms with E-state index >= 15 is 0 Å². The Labute approximate surface area is 217 Å². The molecule has 37 heavy (non-hydrogen) atoms. The van der Waals surface area contributed by atoms with Gasteiger partial charge < -0.3 is 20.5 Å². The van der Waals surface area contributed by atoms with Gasteiger partial charge >= 0.3 is 0 Å². The summed E-state index contributed by atoms with van der Waals surface area (Å²) in [6.07, 6.45) is 5.68. The second-order valence-corrected chi connectivity index (χ2v) is 10.0. The number of anilines is 3. The first kappa shape index (κ1) is 24.7. The van der Waals surface area contributed by atoms with Gasteiger partial charge in [-0.05, 0) is 54.5 Å². The minimum absolute atomic E-state index is 0.276. The monoisotopic (exact) mass is 516 g/mol. The number of nitrogens with two attached hydrogens (primary N) is 1. The number of carboxylic acid groups (broad SMARTS) is 1. The van der Waals surface area contributed by atoms with Gasteiger partial charge in [-0.1, -0.05) is 18.2 Å². The molecule has 10 heteroatoms. The predicted molar refractivity (Wildman–Crippen MR) is 147 cm³/mol. The number of carboxylic acids is 1. The highest BCUT2D eigenvalue weighted by Crippen LogP contribution is 2.40. The average Bonchev–Trinajstić information content (AvgIpc) is 3.54.